The van der Waals surface area contributed by atoms with Gasteiger partial charge in [0, 0.05) is 62.8 Å². The van der Waals surface area contributed by atoms with Crippen LogP contribution in [0.5, 0.6) is 5.88 Å². The predicted molar refractivity (Wildman–Crippen MR) is 135 cm³/mol. The van der Waals surface area contributed by atoms with Crippen molar-refractivity contribution in [1.29, 1.82) is 0 Å². The van der Waals surface area contributed by atoms with Crippen molar-refractivity contribution in [2.45, 2.75) is 64.7 Å². The number of aromatic nitrogens is 4. The molecule has 2 saturated heterocycles. The maximum absolute atomic E-state index is 13.9. The maximum atomic E-state index is 13.9. The van der Waals surface area contributed by atoms with Crippen LogP contribution in [-0.2, 0) is 16.8 Å². The second kappa shape index (κ2) is 9.85. The van der Waals surface area contributed by atoms with Crippen molar-refractivity contribution in [3.8, 4) is 5.88 Å². The third kappa shape index (κ3) is 4.61. The molecule has 2 N–H and O–H groups in total. The lowest BCUT2D eigenvalue weighted by Crippen LogP contribution is -2.62. The zero-order valence-corrected chi connectivity index (χ0v) is 22.0. The number of ether oxygens (including phenoxy) is 2. The van der Waals surface area contributed by atoms with E-state index >= 15 is 0 Å². The Balaban J connectivity index is 1.28. The highest BCUT2D eigenvalue weighted by molar-refractivity contribution is 5.78. The van der Waals surface area contributed by atoms with Gasteiger partial charge in [0.05, 0.1) is 24.9 Å². The summed E-state index contributed by atoms with van der Waals surface area (Å²) in [6, 6.07) is 2.22. The number of aromatic amines is 1. The molecule has 11 heteroatoms. The Hall–Kier alpha value is -2.92. The third-order valence-corrected chi connectivity index (χ3v) is 7.96. The van der Waals surface area contributed by atoms with E-state index in [4.69, 9.17) is 9.47 Å². The van der Waals surface area contributed by atoms with E-state index in [1.54, 1.807) is 19.4 Å². The van der Waals surface area contributed by atoms with Gasteiger partial charge < -0.3 is 24.6 Å². The van der Waals surface area contributed by atoms with Crippen LogP contribution in [0, 0.1) is 5.92 Å². The van der Waals surface area contributed by atoms with Crippen molar-refractivity contribution < 1.29 is 14.3 Å². The number of fused-ring (bicyclic) bond motifs is 1. The van der Waals surface area contributed by atoms with E-state index in [1.807, 2.05) is 9.80 Å². The number of rotatable bonds is 5. The minimum atomic E-state index is -0.517. The number of hydrogen-bond donors (Lipinski definition) is 2. The van der Waals surface area contributed by atoms with Crippen molar-refractivity contribution in [1.82, 2.24) is 34.9 Å². The van der Waals surface area contributed by atoms with Gasteiger partial charge in [-0.25, -0.2) is 9.78 Å². The van der Waals surface area contributed by atoms with Crippen LogP contribution in [0.4, 0.5) is 16.6 Å². The van der Waals surface area contributed by atoms with Crippen LogP contribution in [-0.4, -0.2) is 92.9 Å². The lowest BCUT2D eigenvalue weighted by Gasteiger charge is -2.47. The number of piperazine rings is 1. The summed E-state index contributed by atoms with van der Waals surface area (Å²) >= 11 is 0. The molecule has 2 amide bonds. The molecule has 0 spiro atoms. The van der Waals surface area contributed by atoms with E-state index in [9.17, 15) is 4.79 Å². The number of nitrogens with one attached hydrogen (secondary N) is 2. The molecule has 5 rings (SSSR count). The maximum Gasteiger partial charge on any atom is 0.321 e. The van der Waals surface area contributed by atoms with Crippen molar-refractivity contribution >= 4 is 17.8 Å². The van der Waals surface area contributed by atoms with Gasteiger partial charge in [0.2, 0.25) is 11.8 Å². The van der Waals surface area contributed by atoms with Crippen molar-refractivity contribution in [3.63, 3.8) is 0 Å². The summed E-state index contributed by atoms with van der Waals surface area (Å²) in [5, 5.41) is 10.8. The second-order valence-electron chi connectivity index (χ2n) is 10.8. The summed E-state index contributed by atoms with van der Waals surface area (Å²) < 4.78 is 10.7. The van der Waals surface area contributed by atoms with Crippen LogP contribution in [0.3, 0.4) is 0 Å². The molecule has 3 aliphatic heterocycles. The molecule has 0 bridgehead atoms. The first-order valence-corrected chi connectivity index (χ1v) is 12.9. The van der Waals surface area contributed by atoms with E-state index < -0.39 is 5.54 Å². The Morgan fingerprint density at radius 3 is 2.78 bits per heavy atom. The average molecular weight is 499 g/mol. The van der Waals surface area contributed by atoms with Gasteiger partial charge in [0.25, 0.3) is 0 Å². The predicted octanol–water partition coefficient (Wildman–Crippen LogP) is 2.94. The average Bonchev–Trinajstić information content (AvgIpc) is 3.39. The standard InChI is InChI=1S/C25H38N8O3/c1-16-13-32(17(2)12-31(16)14-18-7-10-36-11-8-18)24(34)33-15-19-21(25(33,3)4)29-30-22(19)28-23-26-9-6-20(27-23)35-5/h6,9,16-18H,7-8,10-15H2,1-5H3,(H2,26,27,28,29,30)/t16-,17+/m1/s1. The molecular weight excluding hydrogens is 460 g/mol. The number of hydrogen-bond acceptors (Lipinski definition) is 8. The highest BCUT2D eigenvalue weighted by Crippen LogP contribution is 2.42. The minimum absolute atomic E-state index is 0.0678. The van der Waals surface area contributed by atoms with Crippen molar-refractivity contribution in [2.24, 2.45) is 5.92 Å². The molecule has 36 heavy (non-hydrogen) atoms. The molecule has 2 aromatic rings. The normalized spacial score (nSPS) is 24.6. The fourth-order valence-corrected chi connectivity index (χ4v) is 5.68. The topological polar surface area (TPSA) is 112 Å². The van der Waals surface area contributed by atoms with Gasteiger partial charge in [-0.2, -0.15) is 10.1 Å². The van der Waals surface area contributed by atoms with Gasteiger partial charge in [-0.3, -0.25) is 10.00 Å². The molecule has 11 nitrogen and oxygen atoms in total. The van der Waals surface area contributed by atoms with Gasteiger partial charge in [-0.1, -0.05) is 0 Å². The summed E-state index contributed by atoms with van der Waals surface area (Å²) in [7, 11) is 1.57. The van der Waals surface area contributed by atoms with Crippen LogP contribution in [0.15, 0.2) is 12.3 Å². The molecule has 0 aliphatic carbocycles. The zero-order chi connectivity index (χ0) is 25.4. The molecule has 2 fully saturated rings. The summed E-state index contributed by atoms with van der Waals surface area (Å²) in [6.07, 6.45) is 3.89. The van der Waals surface area contributed by atoms with Crippen LogP contribution >= 0.6 is 0 Å². The molecule has 0 saturated carbocycles. The summed E-state index contributed by atoms with van der Waals surface area (Å²) in [5.74, 6) is 2.18. The zero-order valence-electron chi connectivity index (χ0n) is 22.0. The van der Waals surface area contributed by atoms with E-state index in [1.165, 1.54) is 0 Å². The lowest BCUT2D eigenvalue weighted by molar-refractivity contribution is 0.00882. The fourth-order valence-electron chi connectivity index (χ4n) is 5.68. The summed E-state index contributed by atoms with van der Waals surface area (Å²) in [4.78, 5) is 29.0. The Morgan fingerprint density at radius 2 is 2.03 bits per heavy atom. The fraction of sp³-hybridized carbons (Fsp3) is 0.680. The number of H-pyrrole nitrogens is 1. The van der Waals surface area contributed by atoms with Crippen LogP contribution in [0.2, 0.25) is 0 Å². The Morgan fingerprint density at radius 1 is 1.25 bits per heavy atom. The van der Waals surface area contributed by atoms with E-state index in [0.717, 1.165) is 56.9 Å². The molecule has 5 heterocycles. The molecule has 2 aromatic heterocycles. The smallest absolute Gasteiger partial charge is 0.321 e. The number of nitrogens with zero attached hydrogens (tertiary/aromatic N) is 6. The SMILES string of the molecule is COc1ccnc(Nc2n[nH]c3c2CN(C(=O)N2C[C@@H](C)N(CC4CCOCC4)C[C@@H]2C)C3(C)C)n1. The van der Waals surface area contributed by atoms with Gasteiger partial charge in [-0.15, -0.1) is 0 Å². The quantitative estimate of drug-likeness (QED) is 0.647. The van der Waals surface area contributed by atoms with Crippen LogP contribution in [0.1, 0.15) is 51.8 Å². The molecule has 0 unspecified atom stereocenters. The molecular formula is C25H38N8O3. The first-order valence-electron chi connectivity index (χ1n) is 12.9. The number of carbonyl (C=O) groups is 1. The lowest BCUT2D eigenvalue weighted by atomic mass is 9.97. The number of urea groups is 1. The van der Waals surface area contributed by atoms with Crippen LogP contribution in [0.25, 0.3) is 0 Å². The number of amides is 2. The number of anilines is 2. The van der Waals surface area contributed by atoms with E-state index in [2.05, 4.69) is 58.1 Å². The second-order valence-corrected chi connectivity index (χ2v) is 10.8. The first kappa shape index (κ1) is 24.8. The highest BCUT2D eigenvalue weighted by atomic mass is 16.5. The third-order valence-electron chi connectivity index (χ3n) is 7.96. The highest BCUT2D eigenvalue weighted by Gasteiger charge is 2.47. The van der Waals surface area contributed by atoms with Crippen LogP contribution < -0.4 is 10.1 Å². The molecule has 196 valence electrons. The van der Waals surface area contributed by atoms with E-state index in [0.29, 0.717) is 36.2 Å². The molecule has 2 atom stereocenters. The largest absolute Gasteiger partial charge is 0.481 e. The number of methoxy groups -OCH3 is 1. The van der Waals surface area contributed by atoms with Gasteiger partial charge in [-0.05, 0) is 46.5 Å². The van der Waals surface area contributed by atoms with Crippen molar-refractivity contribution in [2.75, 3.05) is 45.3 Å². The Kier molecular flexibility index (Phi) is 6.78. The number of carbonyl (C=O) groups excluding carboxylic acids is 1. The van der Waals surface area contributed by atoms with Gasteiger partial charge in [0.15, 0.2) is 5.82 Å². The first-order chi connectivity index (χ1) is 17.3. The van der Waals surface area contributed by atoms with E-state index in [-0.39, 0.29) is 12.1 Å². The molecule has 0 radical (unpaired) electrons. The van der Waals surface area contributed by atoms with Gasteiger partial charge in [0.1, 0.15) is 0 Å². The Bertz CT molecular complexity index is 1080. The Labute approximate surface area is 212 Å². The monoisotopic (exact) mass is 498 g/mol. The van der Waals surface area contributed by atoms with Gasteiger partial charge >= 0.3 is 6.03 Å². The summed E-state index contributed by atoms with van der Waals surface area (Å²) in [5.41, 5.74) is 1.37. The molecule has 0 aromatic carbocycles. The minimum Gasteiger partial charge on any atom is -0.481 e. The van der Waals surface area contributed by atoms with Crippen molar-refractivity contribution in [3.05, 3.63) is 23.5 Å². The summed E-state index contributed by atoms with van der Waals surface area (Å²) in [6.45, 7) is 13.4. The molecule has 3 aliphatic rings.